The van der Waals surface area contributed by atoms with Gasteiger partial charge in [-0.15, -0.1) is 0 Å². The quantitative estimate of drug-likeness (QED) is 0.415. The van der Waals surface area contributed by atoms with Gasteiger partial charge in [0.05, 0.1) is 27.3 Å². The number of amides is 1. The summed E-state index contributed by atoms with van der Waals surface area (Å²) in [6.45, 7) is 0.388. The highest BCUT2D eigenvalue weighted by Gasteiger charge is 2.30. The lowest BCUT2D eigenvalue weighted by Crippen LogP contribution is -2.29. The summed E-state index contributed by atoms with van der Waals surface area (Å²) in [6.07, 6.45) is -4.47. The molecule has 0 bridgehead atoms. The highest BCUT2D eigenvalue weighted by Crippen LogP contribution is 2.35. The zero-order valence-corrected chi connectivity index (χ0v) is 15.5. The van der Waals surface area contributed by atoms with Gasteiger partial charge in [-0.3, -0.25) is 14.9 Å². The molecule has 2 aromatic carbocycles. The number of benzene rings is 2. The van der Waals surface area contributed by atoms with Gasteiger partial charge in [0.1, 0.15) is 0 Å². The molecule has 0 aliphatic carbocycles. The second-order valence-electron chi connectivity index (χ2n) is 6.37. The predicted molar refractivity (Wildman–Crippen MR) is 105 cm³/mol. The number of para-hydroxylation sites is 1. The number of carbonyl (C=O) groups excluding carboxylic acids is 1. The Bertz CT molecular complexity index is 1080. The summed E-state index contributed by atoms with van der Waals surface area (Å²) in [5.41, 5.74) is 5.60. The number of aromatic amines is 1. The number of nitrogens with two attached hydrogens (primary N) is 1. The summed E-state index contributed by atoms with van der Waals surface area (Å²) in [5, 5.41) is 14.0. The van der Waals surface area contributed by atoms with E-state index in [1.807, 2.05) is 0 Å². The molecule has 0 fully saturated rings. The van der Waals surface area contributed by atoms with Crippen LogP contribution in [0.15, 0.2) is 54.6 Å². The fourth-order valence-electron chi connectivity index (χ4n) is 2.97. The second-order valence-corrected chi connectivity index (χ2v) is 6.37. The van der Waals surface area contributed by atoms with Crippen molar-refractivity contribution < 1.29 is 22.9 Å². The minimum Gasteiger partial charge on any atom is -0.354 e. The Kier molecular flexibility index (Phi) is 5.88. The number of alkyl halides is 3. The smallest absolute Gasteiger partial charge is 0.354 e. The van der Waals surface area contributed by atoms with Crippen molar-refractivity contribution in [3.8, 4) is 22.5 Å². The molecule has 0 spiro atoms. The molecule has 0 aliphatic heterocycles. The molecule has 10 heteroatoms. The number of nitrogens with zero attached hydrogens (tertiary/aromatic N) is 1. The fraction of sp³-hybridized carbons (Fsp3) is 0.150. The van der Waals surface area contributed by atoms with Crippen molar-refractivity contribution in [1.82, 2.24) is 10.3 Å². The molecule has 7 nitrogen and oxygen atoms in total. The Labute approximate surface area is 168 Å². The van der Waals surface area contributed by atoms with Crippen molar-refractivity contribution in [2.45, 2.75) is 6.18 Å². The summed E-state index contributed by atoms with van der Waals surface area (Å²) in [7, 11) is 0. The van der Waals surface area contributed by atoms with Crippen molar-refractivity contribution in [1.29, 1.82) is 0 Å². The van der Waals surface area contributed by atoms with E-state index in [4.69, 9.17) is 5.73 Å². The number of rotatable bonds is 6. The number of H-pyrrole nitrogens is 1. The van der Waals surface area contributed by atoms with Gasteiger partial charge in [0.25, 0.3) is 11.6 Å². The van der Waals surface area contributed by atoms with Gasteiger partial charge in [-0.2, -0.15) is 13.2 Å². The molecule has 0 saturated heterocycles. The van der Waals surface area contributed by atoms with E-state index in [0.717, 1.165) is 12.1 Å². The monoisotopic (exact) mass is 418 g/mol. The van der Waals surface area contributed by atoms with E-state index in [-0.39, 0.29) is 35.6 Å². The number of hydrogen-bond donors (Lipinski definition) is 3. The van der Waals surface area contributed by atoms with Crippen LogP contribution in [0.5, 0.6) is 0 Å². The van der Waals surface area contributed by atoms with Crippen LogP contribution in [0.2, 0.25) is 0 Å². The Morgan fingerprint density at radius 3 is 2.40 bits per heavy atom. The van der Waals surface area contributed by atoms with Gasteiger partial charge in [-0.25, -0.2) is 0 Å². The minimum atomic E-state index is -4.47. The van der Waals surface area contributed by atoms with Crippen LogP contribution in [0.25, 0.3) is 22.5 Å². The van der Waals surface area contributed by atoms with Gasteiger partial charge >= 0.3 is 6.18 Å². The van der Waals surface area contributed by atoms with E-state index in [1.165, 1.54) is 36.4 Å². The lowest BCUT2D eigenvalue weighted by Gasteiger charge is -2.07. The van der Waals surface area contributed by atoms with Crippen LogP contribution in [-0.2, 0) is 6.18 Å². The molecule has 4 N–H and O–H groups in total. The molecular formula is C20H17F3N4O3. The average Bonchev–Trinajstić information content (AvgIpc) is 3.17. The Morgan fingerprint density at radius 1 is 1.13 bits per heavy atom. The van der Waals surface area contributed by atoms with Crippen molar-refractivity contribution in [3.05, 3.63) is 75.8 Å². The van der Waals surface area contributed by atoms with Crippen LogP contribution in [0.1, 0.15) is 15.9 Å². The van der Waals surface area contributed by atoms with Gasteiger partial charge < -0.3 is 16.0 Å². The van der Waals surface area contributed by atoms with E-state index in [2.05, 4.69) is 10.3 Å². The molecule has 1 aromatic heterocycles. The van der Waals surface area contributed by atoms with Crippen LogP contribution >= 0.6 is 0 Å². The van der Waals surface area contributed by atoms with Crippen LogP contribution < -0.4 is 11.1 Å². The van der Waals surface area contributed by atoms with Gasteiger partial charge in [0.2, 0.25) is 0 Å². The fourth-order valence-corrected chi connectivity index (χ4v) is 2.97. The number of carbonyl (C=O) groups is 1. The molecule has 0 aliphatic rings. The third-order valence-electron chi connectivity index (χ3n) is 4.39. The predicted octanol–water partition coefficient (Wildman–Crippen LogP) is 3.96. The average molecular weight is 418 g/mol. The molecular weight excluding hydrogens is 401 g/mol. The van der Waals surface area contributed by atoms with E-state index < -0.39 is 22.6 Å². The first kappa shape index (κ1) is 21.1. The van der Waals surface area contributed by atoms with Crippen molar-refractivity contribution in [2.75, 3.05) is 13.1 Å². The van der Waals surface area contributed by atoms with Crippen LogP contribution in [0.3, 0.4) is 0 Å². The molecule has 3 aromatic rings. The number of aromatic nitrogens is 1. The van der Waals surface area contributed by atoms with Crippen molar-refractivity contribution >= 4 is 11.6 Å². The zero-order valence-electron chi connectivity index (χ0n) is 15.5. The number of halogens is 3. The standard InChI is InChI=1S/C20H17F3N4O3/c21-20(22,23)13-7-5-12(6-8-13)16-11-15(19(28)25-10-9-24)18(26-16)14-3-1-2-4-17(14)27(29)30/h1-8,11,26H,9-10,24H2,(H,25,28). The maximum atomic E-state index is 12.8. The maximum absolute atomic E-state index is 12.8. The molecule has 0 unspecified atom stereocenters. The summed E-state index contributed by atoms with van der Waals surface area (Å²) < 4.78 is 38.5. The summed E-state index contributed by atoms with van der Waals surface area (Å²) in [4.78, 5) is 26.4. The van der Waals surface area contributed by atoms with Gasteiger partial charge in [0, 0.05) is 24.8 Å². The van der Waals surface area contributed by atoms with Crippen molar-refractivity contribution in [2.24, 2.45) is 5.73 Å². The van der Waals surface area contributed by atoms with E-state index >= 15 is 0 Å². The molecule has 0 saturated carbocycles. The molecule has 30 heavy (non-hydrogen) atoms. The van der Waals surface area contributed by atoms with E-state index in [1.54, 1.807) is 6.07 Å². The molecule has 156 valence electrons. The molecule has 1 heterocycles. The number of hydrogen-bond acceptors (Lipinski definition) is 4. The number of nitrogens with one attached hydrogen (secondary N) is 2. The van der Waals surface area contributed by atoms with Crippen LogP contribution in [0, 0.1) is 10.1 Å². The summed E-state index contributed by atoms with van der Waals surface area (Å²) in [6, 6.07) is 11.7. The first-order valence-corrected chi connectivity index (χ1v) is 8.85. The molecule has 3 rings (SSSR count). The van der Waals surface area contributed by atoms with Gasteiger partial charge in [-0.1, -0.05) is 24.3 Å². The van der Waals surface area contributed by atoms with Gasteiger partial charge in [-0.05, 0) is 29.8 Å². The third-order valence-corrected chi connectivity index (χ3v) is 4.39. The minimum absolute atomic E-state index is 0.118. The first-order valence-electron chi connectivity index (χ1n) is 8.85. The lowest BCUT2D eigenvalue weighted by molar-refractivity contribution is -0.384. The first-order chi connectivity index (χ1) is 14.2. The summed E-state index contributed by atoms with van der Waals surface area (Å²) >= 11 is 0. The Hall–Kier alpha value is -3.66. The van der Waals surface area contributed by atoms with Crippen LogP contribution in [0.4, 0.5) is 18.9 Å². The van der Waals surface area contributed by atoms with Crippen LogP contribution in [-0.4, -0.2) is 28.9 Å². The highest BCUT2D eigenvalue weighted by atomic mass is 19.4. The largest absolute Gasteiger partial charge is 0.416 e. The van der Waals surface area contributed by atoms with Crippen molar-refractivity contribution in [3.63, 3.8) is 0 Å². The Morgan fingerprint density at radius 2 is 1.80 bits per heavy atom. The molecule has 0 atom stereocenters. The molecule has 1 amide bonds. The zero-order chi connectivity index (χ0) is 21.9. The normalized spacial score (nSPS) is 11.3. The lowest BCUT2D eigenvalue weighted by atomic mass is 10.0. The number of nitro groups is 1. The Balaban J connectivity index is 2.12. The van der Waals surface area contributed by atoms with E-state index in [9.17, 15) is 28.1 Å². The molecule has 0 radical (unpaired) electrons. The maximum Gasteiger partial charge on any atom is 0.416 e. The SMILES string of the molecule is NCCNC(=O)c1cc(-c2ccc(C(F)(F)F)cc2)[nH]c1-c1ccccc1[N+](=O)[O-]. The summed E-state index contributed by atoms with van der Waals surface area (Å²) in [5.74, 6) is -0.511. The number of nitro benzene ring substituents is 1. The highest BCUT2D eigenvalue weighted by molar-refractivity contribution is 6.02. The third kappa shape index (κ3) is 4.33. The second kappa shape index (κ2) is 8.37. The van der Waals surface area contributed by atoms with Gasteiger partial charge in [0.15, 0.2) is 0 Å². The topological polar surface area (TPSA) is 114 Å². The van der Waals surface area contributed by atoms with E-state index in [0.29, 0.717) is 11.3 Å².